The van der Waals surface area contributed by atoms with Crippen molar-refractivity contribution in [1.29, 1.82) is 0 Å². The summed E-state index contributed by atoms with van der Waals surface area (Å²) in [5, 5.41) is 3.42. The van der Waals surface area contributed by atoms with Crippen LogP contribution in [0.4, 0.5) is 0 Å². The third-order valence-corrected chi connectivity index (χ3v) is 4.76. The SMILES string of the molecule is CCNCC1CCN(C(=O)C2Cc3ccccc32)CC1.Cl. The highest BCUT2D eigenvalue weighted by Crippen LogP contribution is 2.36. The van der Waals surface area contributed by atoms with Crippen LogP contribution in [-0.2, 0) is 11.2 Å². The van der Waals surface area contributed by atoms with Crippen LogP contribution in [0.3, 0.4) is 0 Å². The lowest BCUT2D eigenvalue weighted by Gasteiger charge is -2.37. The van der Waals surface area contributed by atoms with E-state index in [9.17, 15) is 4.79 Å². The van der Waals surface area contributed by atoms with Gasteiger partial charge in [-0.15, -0.1) is 12.4 Å². The number of likely N-dealkylation sites (tertiary alicyclic amines) is 1. The number of carbonyl (C=O) groups excluding carboxylic acids is 1. The number of rotatable bonds is 4. The van der Waals surface area contributed by atoms with Gasteiger partial charge in [0.25, 0.3) is 0 Å². The molecule has 1 aliphatic carbocycles. The van der Waals surface area contributed by atoms with E-state index in [0.29, 0.717) is 5.91 Å². The zero-order valence-electron chi connectivity index (χ0n) is 12.7. The Kier molecular flexibility index (Phi) is 5.65. The van der Waals surface area contributed by atoms with Crippen molar-refractivity contribution in [1.82, 2.24) is 10.2 Å². The topological polar surface area (TPSA) is 32.3 Å². The highest BCUT2D eigenvalue weighted by atomic mass is 35.5. The van der Waals surface area contributed by atoms with Gasteiger partial charge in [-0.2, -0.15) is 0 Å². The minimum Gasteiger partial charge on any atom is -0.342 e. The predicted octanol–water partition coefficient (Wildman–Crippen LogP) is 2.60. The van der Waals surface area contributed by atoms with Crippen molar-refractivity contribution in [2.24, 2.45) is 5.92 Å². The van der Waals surface area contributed by atoms with E-state index in [4.69, 9.17) is 0 Å². The number of halogens is 1. The number of hydrogen-bond acceptors (Lipinski definition) is 2. The molecule has 0 aromatic heterocycles. The summed E-state index contributed by atoms with van der Waals surface area (Å²) < 4.78 is 0. The molecule has 1 unspecified atom stereocenters. The van der Waals surface area contributed by atoms with Crippen molar-refractivity contribution < 1.29 is 4.79 Å². The van der Waals surface area contributed by atoms with Gasteiger partial charge in [0.05, 0.1) is 5.92 Å². The third-order valence-electron chi connectivity index (χ3n) is 4.76. The van der Waals surface area contributed by atoms with Crippen LogP contribution in [0.1, 0.15) is 36.8 Å². The van der Waals surface area contributed by atoms with Crippen molar-refractivity contribution in [3.05, 3.63) is 35.4 Å². The number of benzene rings is 1. The highest BCUT2D eigenvalue weighted by molar-refractivity contribution is 5.87. The molecule has 0 radical (unpaired) electrons. The summed E-state index contributed by atoms with van der Waals surface area (Å²) >= 11 is 0. The summed E-state index contributed by atoms with van der Waals surface area (Å²) in [6, 6.07) is 8.35. The zero-order chi connectivity index (χ0) is 13.9. The van der Waals surface area contributed by atoms with Crippen LogP contribution in [0.15, 0.2) is 24.3 Å². The maximum Gasteiger partial charge on any atom is 0.230 e. The van der Waals surface area contributed by atoms with Crippen LogP contribution in [0.2, 0.25) is 0 Å². The van der Waals surface area contributed by atoms with Crippen LogP contribution >= 0.6 is 12.4 Å². The van der Waals surface area contributed by atoms with E-state index >= 15 is 0 Å². The second-order valence-electron chi connectivity index (χ2n) is 6.03. The standard InChI is InChI=1S/C17H24N2O.ClH/c1-2-18-12-13-7-9-19(10-8-13)17(20)16-11-14-5-3-4-6-15(14)16;/h3-6,13,16,18H,2,7-12H2,1H3;1H. The Hall–Kier alpha value is -1.06. The predicted molar refractivity (Wildman–Crippen MR) is 88.0 cm³/mol. The molecule has 1 aliphatic heterocycles. The van der Waals surface area contributed by atoms with Gasteiger partial charge in [-0.05, 0) is 49.4 Å². The first kappa shape index (κ1) is 16.3. The van der Waals surface area contributed by atoms with Gasteiger partial charge in [0, 0.05) is 13.1 Å². The lowest BCUT2D eigenvalue weighted by Crippen LogP contribution is -2.44. The van der Waals surface area contributed by atoms with E-state index in [-0.39, 0.29) is 18.3 Å². The molecule has 1 N–H and O–H groups in total. The first-order chi connectivity index (χ1) is 9.79. The summed E-state index contributed by atoms with van der Waals surface area (Å²) in [5.41, 5.74) is 2.61. The van der Waals surface area contributed by atoms with E-state index in [0.717, 1.165) is 51.4 Å². The van der Waals surface area contributed by atoms with E-state index in [2.05, 4.69) is 35.3 Å². The Labute approximate surface area is 133 Å². The summed E-state index contributed by atoms with van der Waals surface area (Å²) in [7, 11) is 0. The monoisotopic (exact) mass is 308 g/mol. The Bertz CT molecular complexity index is 483. The molecule has 0 bridgehead atoms. The maximum absolute atomic E-state index is 12.6. The number of fused-ring (bicyclic) bond motifs is 1. The van der Waals surface area contributed by atoms with Crippen molar-refractivity contribution in [3.63, 3.8) is 0 Å². The van der Waals surface area contributed by atoms with Crippen LogP contribution < -0.4 is 5.32 Å². The Balaban J connectivity index is 0.00000161. The Morgan fingerprint density at radius 2 is 2.00 bits per heavy atom. The molecule has 3 nitrogen and oxygen atoms in total. The molecule has 1 aromatic rings. The number of amides is 1. The Morgan fingerprint density at radius 3 is 2.67 bits per heavy atom. The van der Waals surface area contributed by atoms with Gasteiger partial charge in [-0.25, -0.2) is 0 Å². The summed E-state index contributed by atoms with van der Waals surface area (Å²) in [6.07, 6.45) is 3.23. The Morgan fingerprint density at radius 1 is 1.29 bits per heavy atom. The second-order valence-corrected chi connectivity index (χ2v) is 6.03. The van der Waals surface area contributed by atoms with Crippen molar-refractivity contribution in [2.45, 2.75) is 32.1 Å². The van der Waals surface area contributed by atoms with Crippen LogP contribution in [0, 0.1) is 5.92 Å². The lowest BCUT2D eigenvalue weighted by molar-refractivity contribution is -0.134. The van der Waals surface area contributed by atoms with Crippen molar-refractivity contribution in [2.75, 3.05) is 26.2 Å². The van der Waals surface area contributed by atoms with E-state index in [1.807, 2.05) is 6.07 Å². The average molecular weight is 309 g/mol. The quantitative estimate of drug-likeness (QED) is 0.927. The average Bonchev–Trinajstić information content (AvgIpc) is 2.47. The number of piperidine rings is 1. The molecule has 0 spiro atoms. The lowest BCUT2D eigenvalue weighted by atomic mass is 9.76. The molecule has 0 saturated carbocycles. The molecule has 1 amide bonds. The summed E-state index contributed by atoms with van der Waals surface area (Å²) in [6.45, 7) is 6.16. The first-order valence-corrected chi connectivity index (χ1v) is 7.87. The molecular formula is C17H25ClN2O. The molecular weight excluding hydrogens is 284 g/mol. The maximum atomic E-state index is 12.6. The molecule has 21 heavy (non-hydrogen) atoms. The first-order valence-electron chi connectivity index (χ1n) is 7.87. The smallest absolute Gasteiger partial charge is 0.230 e. The number of nitrogens with zero attached hydrogens (tertiary/aromatic N) is 1. The molecule has 3 rings (SSSR count). The molecule has 4 heteroatoms. The third kappa shape index (κ3) is 3.41. The van der Waals surface area contributed by atoms with Gasteiger partial charge in [0.1, 0.15) is 0 Å². The van der Waals surface area contributed by atoms with E-state index in [1.54, 1.807) is 0 Å². The summed E-state index contributed by atoms with van der Waals surface area (Å²) in [5.74, 6) is 1.23. The van der Waals surface area contributed by atoms with E-state index in [1.165, 1.54) is 11.1 Å². The minimum atomic E-state index is 0. The van der Waals surface area contributed by atoms with E-state index < -0.39 is 0 Å². The largest absolute Gasteiger partial charge is 0.342 e. The van der Waals surface area contributed by atoms with Gasteiger partial charge >= 0.3 is 0 Å². The zero-order valence-corrected chi connectivity index (χ0v) is 13.5. The molecule has 1 saturated heterocycles. The normalized spacial score (nSPS) is 21.2. The van der Waals surface area contributed by atoms with Gasteiger partial charge in [0.2, 0.25) is 5.91 Å². The van der Waals surface area contributed by atoms with Crippen LogP contribution in [0.25, 0.3) is 0 Å². The number of carbonyl (C=O) groups is 1. The van der Waals surface area contributed by atoms with Crippen LogP contribution in [-0.4, -0.2) is 37.0 Å². The van der Waals surface area contributed by atoms with Gasteiger partial charge < -0.3 is 10.2 Å². The van der Waals surface area contributed by atoms with Gasteiger partial charge in [-0.1, -0.05) is 31.2 Å². The molecule has 1 atom stereocenters. The fraction of sp³-hybridized carbons (Fsp3) is 0.588. The highest BCUT2D eigenvalue weighted by Gasteiger charge is 2.35. The molecule has 2 aliphatic rings. The van der Waals surface area contributed by atoms with Gasteiger partial charge in [-0.3, -0.25) is 4.79 Å². The fourth-order valence-corrected chi connectivity index (χ4v) is 3.41. The molecule has 1 aromatic carbocycles. The van der Waals surface area contributed by atoms with Crippen LogP contribution in [0.5, 0.6) is 0 Å². The molecule has 1 heterocycles. The number of nitrogens with one attached hydrogen (secondary N) is 1. The second kappa shape index (κ2) is 7.28. The van der Waals surface area contributed by atoms with Gasteiger partial charge in [0.15, 0.2) is 0 Å². The van der Waals surface area contributed by atoms with Crippen molar-refractivity contribution >= 4 is 18.3 Å². The summed E-state index contributed by atoms with van der Waals surface area (Å²) in [4.78, 5) is 14.7. The van der Waals surface area contributed by atoms with Crippen molar-refractivity contribution in [3.8, 4) is 0 Å². The minimum absolute atomic E-state index is 0. The molecule has 1 fully saturated rings. The number of hydrogen-bond donors (Lipinski definition) is 1. The fourth-order valence-electron chi connectivity index (χ4n) is 3.41. The molecule has 116 valence electrons.